The molecule has 1 aromatic carbocycles. The smallest absolute Gasteiger partial charge is 0.299 e. The molecule has 82 valence electrons. The van der Waals surface area contributed by atoms with E-state index >= 15 is 0 Å². The van der Waals surface area contributed by atoms with Gasteiger partial charge in [0, 0.05) is 12.3 Å². The lowest BCUT2D eigenvalue weighted by atomic mass is 9.91. The minimum absolute atomic E-state index is 0.0575. The lowest BCUT2D eigenvalue weighted by molar-refractivity contribution is -0.132. The monoisotopic (exact) mass is 217 g/mol. The fourth-order valence-electron chi connectivity index (χ4n) is 1.51. The minimum atomic E-state index is -0.438. The lowest BCUT2D eigenvalue weighted by Gasteiger charge is -2.10. The molecule has 0 aliphatic rings. The molecule has 1 unspecified atom stereocenters. The van der Waals surface area contributed by atoms with Crippen LogP contribution in [0, 0.1) is 5.53 Å². The molecule has 0 aliphatic carbocycles. The number of rotatable bonds is 5. The van der Waals surface area contributed by atoms with Gasteiger partial charge < -0.3 is 0 Å². The molecule has 0 spiro atoms. The summed E-state index contributed by atoms with van der Waals surface area (Å²) in [4.78, 5) is 25.7. The molecule has 0 heterocycles. The topological polar surface area (TPSA) is 72.1 Å². The third-order valence-electron chi connectivity index (χ3n) is 2.31. The summed E-state index contributed by atoms with van der Waals surface area (Å²) in [7, 11) is 0. The van der Waals surface area contributed by atoms with Gasteiger partial charge >= 0.3 is 6.21 Å². The summed E-state index contributed by atoms with van der Waals surface area (Å²) in [5.41, 5.74) is 7.37. The normalized spacial score (nSPS) is 11.3. The van der Waals surface area contributed by atoms with Crippen molar-refractivity contribution in [2.45, 2.75) is 19.3 Å². The second kappa shape index (κ2) is 5.73. The van der Waals surface area contributed by atoms with Gasteiger partial charge in [0.15, 0.2) is 0 Å². The highest BCUT2D eigenvalue weighted by Crippen LogP contribution is 2.20. The van der Waals surface area contributed by atoms with Crippen LogP contribution in [0.1, 0.15) is 24.8 Å². The van der Waals surface area contributed by atoms with Gasteiger partial charge in [0.25, 0.3) is 0 Å². The van der Waals surface area contributed by atoms with Crippen LogP contribution in [0.3, 0.4) is 0 Å². The van der Waals surface area contributed by atoms with Gasteiger partial charge in [-0.3, -0.25) is 9.59 Å². The van der Waals surface area contributed by atoms with Gasteiger partial charge in [-0.15, -0.1) is 0 Å². The third-order valence-corrected chi connectivity index (χ3v) is 2.31. The molecule has 0 radical (unpaired) electrons. The van der Waals surface area contributed by atoms with Gasteiger partial charge in [-0.25, -0.2) is 0 Å². The SMILES string of the molecule is CC(=O)C(CC(=O)C=[N+]=N)c1ccccc1. The number of carbonyl (C=O) groups is 2. The van der Waals surface area contributed by atoms with Crippen LogP contribution in [0.2, 0.25) is 0 Å². The van der Waals surface area contributed by atoms with E-state index in [0.717, 1.165) is 11.8 Å². The summed E-state index contributed by atoms with van der Waals surface area (Å²) < 4.78 is 0. The highest BCUT2D eigenvalue weighted by Gasteiger charge is 2.21. The second-order valence-electron chi connectivity index (χ2n) is 3.50. The average molecular weight is 217 g/mol. The predicted octanol–water partition coefficient (Wildman–Crippen LogP) is 1.63. The van der Waals surface area contributed by atoms with Crippen LogP contribution < -0.4 is 0 Å². The molecule has 4 nitrogen and oxygen atoms in total. The first-order valence-corrected chi connectivity index (χ1v) is 4.93. The quantitative estimate of drug-likeness (QED) is 0.462. The molecule has 4 heteroatoms. The Hall–Kier alpha value is -2.06. The molecule has 1 N–H and O–H groups in total. The van der Waals surface area contributed by atoms with Crippen molar-refractivity contribution in [3.05, 3.63) is 35.9 Å². The number of ketones is 2. The lowest BCUT2D eigenvalue weighted by Crippen LogP contribution is -2.15. The summed E-state index contributed by atoms with van der Waals surface area (Å²) in [5, 5.41) is 0. The zero-order chi connectivity index (χ0) is 12.0. The van der Waals surface area contributed by atoms with Crippen molar-refractivity contribution in [3.63, 3.8) is 0 Å². The Labute approximate surface area is 93.5 Å². The van der Waals surface area contributed by atoms with Crippen LogP contribution in [0.4, 0.5) is 0 Å². The Morgan fingerprint density at radius 1 is 1.38 bits per heavy atom. The first-order valence-electron chi connectivity index (χ1n) is 4.93. The Kier molecular flexibility index (Phi) is 4.30. The molecule has 0 bridgehead atoms. The molecule has 16 heavy (non-hydrogen) atoms. The van der Waals surface area contributed by atoms with Crippen molar-refractivity contribution in [2.75, 3.05) is 0 Å². The van der Waals surface area contributed by atoms with Crippen LogP contribution in [0.5, 0.6) is 0 Å². The Morgan fingerprint density at radius 2 is 2.00 bits per heavy atom. The Morgan fingerprint density at radius 3 is 2.50 bits per heavy atom. The van der Waals surface area contributed by atoms with Gasteiger partial charge in [-0.1, -0.05) is 30.3 Å². The molecule has 0 aliphatic heterocycles. The molecule has 0 saturated carbocycles. The van der Waals surface area contributed by atoms with Crippen molar-refractivity contribution in [1.29, 1.82) is 5.53 Å². The van der Waals surface area contributed by atoms with E-state index in [0.29, 0.717) is 0 Å². The van der Waals surface area contributed by atoms with E-state index in [1.807, 2.05) is 30.3 Å². The van der Waals surface area contributed by atoms with E-state index in [1.165, 1.54) is 6.92 Å². The summed E-state index contributed by atoms with van der Waals surface area (Å²) in [6.07, 6.45) is 1.00. The van der Waals surface area contributed by atoms with Crippen LogP contribution in [-0.2, 0) is 9.59 Å². The van der Waals surface area contributed by atoms with Gasteiger partial charge in [0.05, 0.1) is 10.3 Å². The summed E-state index contributed by atoms with van der Waals surface area (Å²) >= 11 is 0. The van der Waals surface area contributed by atoms with Crippen molar-refractivity contribution in [1.82, 2.24) is 0 Å². The third kappa shape index (κ3) is 3.26. The fraction of sp³-hybridized carbons (Fsp3) is 0.250. The number of carbonyl (C=O) groups excluding carboxylic acids is 2. The largest absolute Gasteiger partial charge is 0.372 e. The first-order chi connectivity index (χ1) is 7.65. The van der Waals surface area contributed by atoms with Crippen molar-refractivity contribution in [3.8, 4) is 0 Å². The summed E-state index contributed by atoms with van der Waals surface area (Å²) in [6.45, 7) is 1.46. The maximum atomic E-state index is 11.4. The first kappa shape index (κ1) is 12.0. The standard InChI is InChI=1S/C12H13N2O2/c1-9(15)12(7-11(16)8-14-13)10-5-3-2-4-6-10/h2-6,8,12-13H,7H2,1H3/q+1. The summed E-state index contributed by atoms with van der Waals surface area (Å²) in [6, 6.07) is 9.14. The second-order valence-corrected chi connectivity index (χ2v) is 3.50. The molecular formula is C12H13N2O2+. The van der Waals surface area contributed by atoms with E-state index in [9.17, 15) is 9.59 Å². The maximum absolute atomic E-state index is 11.4. The average Bonchev–Trinajstić information content (AvgIpc) is 2.27. The van der Waals surface area contributed by atoms with Crippen LogP contribution in [0.15, 0.2) is 30.3 Å². The van der Waals surface area contributed by atoms with E-state index < -0.39 is 5.92 Å². The van der Waals surface area contributed by atoms with Crippen LogP contribution in [0.25, 0.3) is 0 Å². The molecule has 0 amide bonds. The highest BCUT2D eigenvalue weighted by molar-refractivity contribution is 6.26. The summed E-state index contributed by atoms with van der Waals surface area (Å²) in [5.74, 6) is -0.802. The molecular weight excluding hydrogens is 204 g/mol. The predicted molar refractivity (Wildman–Crippen MR) is 58.5 cm³/mol. The van der Waals surface area contributed by atoms with E-state index in [2.05, 4.69) is 4.79 Å². The highest BCUT2D eigenvalue weighted by atomic mass is 16.1. The molecule has 1 rings (SSSR count). The minimum Gasteiger partial charge on any atom is -0.299 e. The van der Waals surface area contributed by atoms with Gasteiger partial charge in [0.1, 0.15) is 5.78 Å². The number of nitrogens with zero attached hydrogens (tertiary/aromatic N) is 1. The fourth-order valence-corrected chi connectivity index (χ4v) is 1.51. The van der Waals surface area contributed by atoms with Crippen molar-refractivity contribution < 1.29 is 14.4 Å². The van der Waals surface area contributed by atoms with Crippen LogP contribution >= 0.6 is 0 Å². The zero-order valence-corrected chi connectivity index (χ0v) is 9.01. The van der Waals surface area contributed by atoms with Gasteiger partial charge in [-0.2, -0.15) is 0 Å². The van der Waals surface area contributed by atoms with Gasteiger partial charge in [-0.05, 0) is 12.5 Å². The Balaban J connectivity index is 2.89. The van der Waals surface area contributed by atoms with Crippen molar-refractivity contribution in [2.24, 2.45) is 0 Å². The molecule has 0 saturated heterocycles. The molecule has 1 aromatic rings. The maximum Gasteiger partial charge on any atom is 0.372 e. The zero-order valence-electron chi connectivity index (χ0n) is 9.01. The number of hydrogen-bond acceptors (Lipinski definition) is 3. The number of benzene rings is 1. The number of hydrogen-bond donors (Lipinski definition) is 1. The van der Waals surface area contributed by atoms with E-state index in [1.54, 1.807) is 0 Å². The van der Waals surface area contributed by atoms with E-state index in [-0.39, 0.29) is 18.0 Å². The Bertz CT molecular complexity index is 434. The molecule has 0 aromatic heterocycles. The van der Waals surface area contributed by atoms with E-state index in [4.69, 9.17) is 5.53 Å². The number of Topliss-reactive ketones (excluding diaryl/α,β-unsaturated/α-hetero) is 2. The van der Waals surface area contributed by atoms with Crippen molar-refractivity contribution >= 4 is 17.8 Å². The molecule has 0 fully saturated rings. The van der Waals surface area contributed by atoms with Crippen LogP contribution in [-0.4, -0.2) is 22.6 Å². The number of nitrogens with one attached hydrogen (secondary N) is 1. The van der Waals surface area contributed by atoms with Gasteiger partial charge in [0.2, 0.25) is 5.78 Å². The molecule has 1 atom stereocenters.